The Morgan fingerprint density at radius 2 is 2.35 bits per heavy atom. The average molecular weight is 278 g/mol. The van der Waals surface area contributed by atoms with Gasteiger partial charge in [0.1, 0.15) is 0 Å². The van der Waals surface area contributed by atoms with E-state index in [0.29, 0.717) is 24.0 Å². The molecule has 0 unspecified atom stereocenters. The van der Waals surface area contributed by atoms with Crippen LogP contribution >= 0.6 is 0 Å². The Morgan fingerprint density at radius 1 is 1.50 bits per heavy atom. The van der Waals surface area contributed by atoms with Crippen LogP contribution in [-0.4, -0.2) is 40.2 Å². The summed E-state index contributed by atoms with van der Waals surface area (Å²) in [6, 6.07) is 5.36. The Morgan fingerprint density at radius 3 is 3.00 bits per heavy atom. The summed E-state index contributed by atoms with van der Waals surface area (Å²) in [6.45, 7) is 0.153. The van der Waals surface area contributed by atoms with Crippen LogP contribution in [0.1, 0.15) is 5.56 Å². The van der Waals surface area contributed by atoms with Gasteiger partial charge in [0, 0.05) is 12.1 Å². The van der Waals surface area contributed by atoms with E-state index >= 15 is 0 Å². The van der Waals surface area contributed by atoms with Crippen LogP contribution in [-0.2, 0) is 11.3 Å². The van der Waals surface area contributed by atoms with Crippen LogP contribution in [0.5, 0.6) is 11.5 Å². The van der Waals surface area contributed by atoms with Gasteiger partial charge in [-0.05, 0) is 11.3 Å². The number of carbonyl (C=O) groups is 1. The molecule has 1 amide bonds. The van der Waals surface area contributed by atoms with Crippen LogP contribution in [0.3, 0.4) is 0 Å². The van der Waals surface area contributed by atoms with Gasteiger partial charge in [0.2, 0.25) is 0 Å². The van der Waals surface area contributed by atoms with Gasteiger partial charge in [0.05, 0.1) is 7.11 Å². The summed E-state index contributed by atoms with van der Waals surface area (Å²) < 4.78 is 10.6. The fourth-order valence-corrected chi connectivity index (χ4v) is 1.58. The number of rotatable bonds is 7. The number of hydrogen-bond acceptors (Lipinski definition) is 7. The van der Waals surface area contributed by atoms with Gasteiger partial charge in [-0.25, -0.2) is 0 Å². The summed E-state index contributed by atoms with van der Waals surface area (Å²) in [7, 11) is 1.52. The van der Waals surface area contributed by atoms with Gasteiger partial charge in [-0.3, -0.25) is 4.79 Å². The van der Waals surface area contributed by atoms with E-state index in [9.17, 15) is 4.79 Å². The van der Waals surface area contributed by atoms with Crippen molar-refractivity contribution in [3.8, 4) is 11.5 Å². The highest BCUT2D eigenvalue weighted by Crippen LogP contribution is 2.31. The minimum Gasteiger partial charge on any atom is -0.493 e. The third kappa shape index (κ3) is 3.34. The molecule has 4 N–H and O–H groups in total. The topological polar surface area (TPSA) is 128 Å². The van der Waals surface area contributed by atoms with Gasteiger partial charge in [-0.2, -0.15) is 5.21 Å². The van der Waals surface area contributed by atoms with Gasteiger partial charge >= 0.3 is 0 Å². The lowest BCUT2D eigenvalue weighted by molar-refractivity contribution is -0.119. The number of para-hydroxylation sites is 1. The molecule has 0 aliphatic heterocycles. The zero-order valence-electron chi connectivity index (χ0n) is 10.8. The first-order chi connectivity index (χ1) is 9.70. The first-order valence-corrected chi connectivity index (χ1v) is 5.75. The summed E-state index contributed by atoms with van der Waals surface area (Å²) in [5.74, 6) is 0.755. The number of H-pyrrole nitrogens is 1. The maximum absolute atomic E-state index is 10.8. The molecule has 106 valence electrons. The molecule has 0 aliphatic rings. The lowest BCUT2D eigenvalue weighted by atomic mass is 10.2. The van der Waals surface area contributed by atoms with Crippen LogP contribution in [0, 0.1) is 0 Å². The van der Waals surface area contributed by atoms with Crippen molar-refractivity contribution in [1.82, 2.24) is 20.6 Å². The molecule has 1 aromatic carbocycles. The maximum Gasteiger partial charge on any atom is 0.263 e. The molecule has 2 aromatic rings. The highest BCUT2D eigenvalue weighted by Gasteiger charge is 2.12. The van der Waals surface area contributed by atoms with Gasteiger partial charge < -0.3 is 20.5 Å². The molecule has 9 nitrogen and oxygen atoms in total. The molecular weight excluding hydrogens is 264 g/mol. The molecular formula is C11H14N6O3. The van der Waals surface area contributed by atoms with Crippen molar-refractivity contribution in [3.05, 3.63) is 23.8 Å². The lowest BCUT2D eigenvalue weighted by Gasteiger charge is -2.14. The number of primary amides is 1. The van der Waals surface area contributed by atoms with E-state index < -0.39 is 5.91 Å². The quantitative estimate of drug-likeness (QED) is 0.633. The molecule has 1 heterocycles. The van der Waals surface area contributed by atoms with E-state index in [4.69, 9.17) is 15.2 Å². The molecule has 0 saturated carbocycles. The van der Waals surface area contributed by atoms with E-state index in [-0.39, 0.29) is 6.61 Å². The second-order valence-corrected chi connectivity index (χ2v) is 3.79. The fourth-order valence-electron chi connectivity index (χ4n) is 1.58. The van der Waals surface area contributed by atoms with Crippen molar-refractivity contribution in [2.24, 2.45) is 5.73 Å². The van der Waals surface area contributed by atoms with Crippen LogP contribution in [0.25, 0.3) is 0 Å². The van der Waals surface area contributed by atoms with E-state index in [1.165, 1.54) is 7.11 Å². The maximum atomic E-state index is 10.8. The van der Waals surface area contributed by atoms with Crippen molar-refractivity contribution in [3.63, 3.8) is 0 Å². The van der Waals surface area contributed by atoms with E-state index in [2.05, 4.69) is 25.9 Å². The molecule has 2 rings (SSSR count). The van der Waals surface area contributed by atoms with Crippen molar-refractivity contribution in [2.75, 3.05) is 19.0 Å². The first kappa shape index (κ1) is 13.6. The molecule has 20 heavy (non-hydrogen) atoms. The smallest absolute Gasteiger partial charge is 0.263 e. The first-order valence-electron chi connectivity index (χ1n) is 5.75. The Kier molecular flexibility index (Phi) is 4.32. The number of carbonyl (C=O) groups excluding carboxylic acids is 1. The third-order valence-corrected chi connectivity index (χ3v) is 2.42. The number of aromatic nitrogens is 4. The predicted molar refractivity (Wildman–Crippen MR) is 69.2 cm³/mol. The number of tetrazole rings is 1. The van der Waals surface area contributed by atoms with Gasteiger partial charge in [-0.1, -0.05) is 17.2 Å². The van der Waals surface area contributed by atoms with Gasteiger partial charge in [0.25, 0.3) is 11.9 Å². The molecule has 0 atom stereocenters. The summed E-state index contributed by atoms with van der Waals surface area (Å²) in [6.07, 6.45) is 0. The van der Waals surface area contributed by atoms with Crippen LogP contribution in [0.15, 0.2) is 18.2 Å². The van der Waals surface area contributed by atoms with Gasteiger partial charge in [0.15, 0.2) is 18.1 Å². The normalized spacial score (nSPS) is 10.1. The molecule has 0 saturated heterocycles. The molecule has 0 fully saturated rings. The monoisotopic (exact) mass is 278 g/mol. The largest absolute Gasteiger partial charge is 0.493 e. The zero-order chi connectivity index (χ0) is 14.4. The second-order valence-electron chi connectivity index (χ2n) is 3.79. The fraction of sp³-hybridized carbons (Fsp3) is 0.273. The number of anilines is 1. The van der Waals surface area contributed by atoms with Gasteiger partial charge in [-0.15, -0.1) is 5.10 Å². The zero-order valence-corrected chi connectivity index (χ0v) is 10.8. The Bertz CT molecular complexity index is 572. The number of nitrogens with one attached hydrogen (secondary N) is 2. The summed E-state index contributed by atoms with van der Waals surface area (Å²) in [4.78, 5) is 10.8. The Balaban J connectivity index is 2.15. The highest BCUT2D eigenvalue weighted by molar-refractivity contribution is 5.75. The minimum atomic E-state index is -0.562. The SMILES string of the molecule is COc1cccc(CNc2nn[nH]n2)c1OCC(N)=O. The average Bonchev–Trinajstić information content (AvgIpc) is 2.96. The number of nitrogens with two attached hydrogens (primary N) is 1. The van der Waals surface area contributed by atoms with Crippen molar-refractivity contribution in [1.29, 1.82) is 0 Å². The number of hydrogen-bond donors (Lipinski definition) is 3. The Hall–Kier alpha value is -2.84. The Labute approximate surface area is 114 Å². The van der Waals surface area contributed by atoms with E-state index in [0.717, 1.165) is 5.56 Å². The standard InChI is InChI=1S/C11H14N6O3/c1-19-8-4-2-3-7(10(8)20-6-9(12)18)5-13-11-14-16-17-15-11/h2-4H,5-6H2,1H3,(H2,12,18)(H2,13,14,15,16,17). The third-order valence-electron chi connectivity index (χ3n) is 2.42. The second kappa shape index (κ2) is 6.36. The number of ether oxygens (including phenoxy) is 2. The number of nitrogens with zero attached hydrogens (tertiary/aromatic N) is 3. The molecule has 0 spiro atoms. The van der Waals surface area contributed by atoms with Crippen molar-refractivity contribution < 1.29 is 14.3 Å². The lowest BCUT2D eigenvalue weighted by Crippen LogP contribution is -2.21. The minimum absolute atomic E-state index is 0.227. The molecule has 0 bridgehead atoms. The van der Waals surface area contributed by atoms with E-state index in [1.54, 1.807) is 6.07 Å². The van der Waals surface area contributed by atoms with Crippen molar-refractivity contribution >= 4 is 11.9 Å². The molecule has 0 aliphatic carbocycles. The predicted octanol–water partition coefficient (Wildman–Crippen LogP) is -0.315. The van der Waals surface area contributed by atoms with Crippen LogP contribution < -0.4 is 20.5 Å². The van der Waals surface area contributed by atoms with Crippen molar-refractivity contribution in [2.45, 2.75) is 6.54 Å². The summed E-state index contributed by atoms with van der Waals surface area (Å²) in [5, 5.41) is 16.3. The summed E-state index contributed by atoms with van der Waals surface area (Å²) in [5.41, 5.74) is 5.85. The molecule has 0 radical (unpaired) electrons. The number of methoxy groups -OCH3 is 1. The van der Waals surface area contributed by atoms with Crippen LogP contribution in [0.4, 0.5) is 5.95 Å². The van der Waals surface area contributed by atoms with Crippen LogP contribution in [0.2, 0.25) is 0 Å². The number of aromatic amines is 1. The summed E-state index contributed by atoms with van der Waals surface area (Å²) >= 11 is 0. The molecule has 9 heteroatoms. The highest BCUT2D eigenvalue weighted by atomic mass is 16.5. The number of benzene rings is 1. The van der Waals surface area contributed by atoms with E-state index in [1.807, 2.05) is 12.1 Å². The molecule has 1 aromatic heterocycles. The number of amides is 1.